The second kappa shape index (κ2) is 6.84. The summed E-state index contributed by atoms with van der Waals surface area (Å²) in [6.07, 6.45) is 0.253. The highest BCUT2D eigenvalue weighted by Crippen LogP contribution is 2.27. The van der Waals surface area contributed by atoms with Crippen LogP contribution in [0, 0.1) is 0 Å². The first-order valence-corrected chi connectivity index (χ1v) is 6.15. The molecule has 0 heterocycles. The van der Waals surface area contributed by atoms with Crippen molar-refractivity contribution in [2.75, 3.05) is 20.2 Å². The fraction of sp³-hybridized carbons (Fsp3) is 0.538. The summed E-state index contributed by atoms with van der Waals surface area (Å²) in [4.78, 5) is 2.09. The summed E-state index contributed by atoms with van der Waals surface area (Å²) in [5.74, 6) is 0.172. The topological polar surface area (TPSA) is 32.7 Å². The van der Waals surface area contributed by atoms with E-state index in [0.717, 1.165) is 12.1 Å². The van der Waals surface area contributed by atoms with Crippen molar-refractivity contribution in [2.24, 2.45) is 0 Å². The maximum absolute atomic E-state index is 9.77. The zero-order valence-corrected chi connectivity index (χ0v) is 11.4. The van der Waals surface area contributed by atoms with Crippen LogP contribution < -0.4 is 0 Å². The van der Waals surface area contributed by atoms with Crippen molar-refractivity contribution in [1.82, 2.24) is 4.90 Å². The van der Waals surface area contributed by atoms with E-state index in [1.54, 1.807) is 6.07 Å². The molecule has 0 amide bonds. The highest BCUT2D eigenvalue weighted by Gasteiger charge is 2.07. The average molecular weight is 258 g/mol. The van der Waals surface area contributed by atoms with E-state index in [1.807, 2.05) is 33.0 Å². The third-order valence-corrected chi connectivity index (χ3v) is 2.74. The number of benzene rings is 1. The van der Waals surface area contributed by atoms with Crippen molar-refractivity contribution in [2.45, 2.75) is 26.5 Å². The minimum Gasteiger partial charge on any atom is -0.506 e. The van der Waals surface area contributed by atoms with Gasteiger partial charge in [-0.05, 0) is 27.0 Å². The van der Waals surface area contributed by atoms with E-state index in [4.69, 9.17) is 16.3 Å². The Balaban J connectivity index is 2.45. The van der Waals surface area contributed by atoms with Crippen LogP contribution in [-0.4, -0.2) is 36.3 Å². The van der Waals surface area contributed by atoms with E-state index in [1.165, 1.54) is 0 Å². The molecule has 0 bridgehead atoms. The van der Waals surface area contributed by atoms with Gasteiger partial charge in [0.05, 0.1) is 17.7 Å². The fourth-order valence-corrected chi connectivity index (χ4v) is 1.70. The first-order valence-electron chi connectivity index (χ1n) is 5.77. The smallest absolute Gasteiger partial charge is 0.138 e. The lowest BCUT2D eigenvalue weighted by molar-refractivity contribution is 0.0626. The molecule has 1 N–H and O–H groups in total. The molecule has 0 radical (unpaired) electrons. The molecule has 0 aromatic heterocycles. The summed E-state index contributed by atoms with van der Waals surface area (Å²) in [5, 5.41) is 10.2. The Morgan fingerprint density at radius 1 is 1.41 bits per heavy atom. The molecule has 0 fully saturated rings. The van der Waals surface area contributed by atoms with Crippen molar-refractivity contribution in [3.05, 3.63) is 28.8 Å². The Hall–Kier alpha value is -0.770. The Morgan fingerprint density at radius 3 is 2.76 bits per heavy atom. The number of ether oxygens (including phenoxy) is 1. The fourth-order valence-electron chi connectivity index (χ4n) is 1.50. The average Bonchev–Trinajstić information content (AvgIpc) is 2.24. The van der Waals surface area contributed by atoms with Crippen LogP contribution in [-0.2, 0) is 11.3 Å². The zero-order chi connectivity index (χ0) is 12.8. The summed E-state index contributed by atoms with van der Waals surface area (Å²) in [7, 11) is 1.99. The summed E-state index contributed by atoms with van der Waals surface area (Å²) >= 11 is 5.85. The van der Waals surface area contributed by atoms with Crippen LogP contribution in [0.15, 0.2) is 18.2 Å². The molecule has 0 spiro atoms. The molecule has 0 aliphatic rings. The van der Waals surface area contributed by atoms with Gasteiger partial charge < -0.3 is 9.84 Å². The highest BCUT2D eigenvalue weighted by atomic mass is 35.5. The van der Waals surface area contributed by atoms with E-state index < -0.39 is 0 Å². The maximum atomic E-state index is 9.77. The molecule has 0 saturated carbocycles. The quantitative estimate of drug-likeness (QED) is 0.851. The number of rotatable bonds is 6. The van der Waals surface area contributed by atoms with Crippen molar-refractivity contribution < 1.29 is 9.84 Å². The van der Waals surface area contributed by atoms with Gasteiger partial charge in [-0.25, -0.2) is 0 Å². The van der Waals surface area contributed by atoms with Gasteiger partial charge in [-0.15, -0.1) is 0 Å². The van der Waals surface area contributed by atoms with Gasteiger partial charge in [0, 0.05) is 18.7 Å². The minimum absolute atomic E-state index is 0.172. The SMILES string of the molecule is CC(C)OCCN(C)Cc1cccc(Cl)c1O. The molecule has 0 unspecified atom stereocenters. The Bertz CT molecular complexity index is 355. The number of phenolic OH excluding ortho intramolecular Hbond substituents is 1. The lowest BCUT2D eigenvalue weighted by Gasteiger charge is -2.18. The molecule has 96 valence electrons. The van der Waals surface area contributed by atoms with E-state index >= 15 is 0 Å². The number of phenols is 1. The Labute approximate surface area is 108 Å². The number of hydrogen-bond acceptors (Lipinski definition) is 3. The van der Waals surface area contributed by atoms with Gasteiger partial charge in [-0.2, -0.15) is 0 Å². The maximum Gasteiger partial charge on any atom is 0.138 e. The number of para-hydroxylation sites is 1. The molecule has 1 aromatic rings. The van der Waals surface area contributed by atoms with Crippen LogP contribution >= 0.6 is 11.6 Å². The number of hydrogen-bond donors (Lipinski definition) is 1. The lowest BCUT2D eigenvalue weighted by Crippen LogP contribution is -2.24. The zero-order valence-electron chi connectivity index (χ0n) is 10.6. The first kappa shape index (κ1) is 14.3. The number of aromatic hydroxyl groups is 1. The molecule has 1 rings (SSSR count). The summed E-state index contributed by atoms with van der Waals surface area (Å²) in [6, 6.07) is 5.40. The van der Waals surface area contributed by atoms with Gasteiger partial charge in [0.2, 0.25) is 0 Å². The third kappa shape index (κ3) is 4.94. The number of likely N-dealkylation sites (N-methyl/N-ethyl adjacent to an activating group) is 1. The second-order valence-corrected chi connectivity index (χ2v) is 4.81. The largest absolute Gasteiger partial charge is 0.506 e. The summed E-state index contributed by atoms with van der Waals surface area (Å²) < 4.78 is 5.47. The number of halogens is 1. The molecule has 17 heavy (non-hydrogen) atoms. The van der Waals surface area contributed by atoms with E-state index in [2.05, 4.69) is 4.90 Å². The summed E-state index contributed by atoms with van der Waals surface area (Å²) in [5.41, 5.74) is 0.838. The minimum atomic E-state index is 0.172. The molecule has 0 saturated heterocycles. The van der Waals surface area contributed by atoms with Gasteiger partial charge in [-0.3, -0.25) is 4.90 Å². The Morgan fingerprint density at radius 2 is 2.12 bits per heavy atom. The van der Waals surface area contributed by atoms with Crippen LogP contribution in [0.3, 0.4) is 0 Å². The lowest BCUT2D eigenvalue weighted by atomic mass is 10.2. The Kier molecular flexibility index (Phi) is 5.75. The highest BCUT2D eigenvalue weighted by molar-refractivity contribution is 6.32. The van der Waals surface area contributed by atoms with Crippen LogP contribution in [0.4, 0.5) is 0 Å². The summed E-state index contributed by atoms with van der Waals surface area (Å²) in [6.45, 7) is 6.21. The van der Waals surface area contributed by atoms with Crippen LogP contribution in [0.5, 0.6) is 5.75 Å². The molecule has 0 atom stereocenters. The van der Waals surface area contributed by atoms with Crippen LogP contribution in [0.25, 0.3) is 0 Å². The third-order valence-electron chi connectivity index (χ3n) is 2.43. The van der Waals surface area contributed by atoms with E-state index in [0.29, 0.717) is 18.2 Å². The van der Waals surface area contributed by atoms with Crippen molar-refractivity contribution in [3.63, 3.8) is 0 Å². The van der Waals surface area contributed by atoms with Crippen LogP contribution in [0.1, 0.15) is 19.4 Å². The number of nitrogens with zero attached hydrogens (tertiary/aromatic N) is 1. The molecular formula is C13H20ClNO2. The van der Waals surface area contributed by atoms with Gasteiger partial charge in [0.1, 0.15) is 5.75 Å². The van der Waals surface area contributed by atoms with Gasteiger partial charge in [0.15, 0.2) is 0 Å². The molecule has 1 aromatic carbocycles. The van der Waals surface area contributed by atoms with Gasteiger partial charge in [0.25, 0.3) is 0 Å². The van der Waals surface area contributed by atoms with E-state index in [9.17, 15) is 5.11 Å². The normalized spacial score (nSPS) is 11.4. The van der Waals surface area contributed by atoms with Gasteiger partial charge in [-0.1, -0.05) is 23.7 Å². The van der Waals surface area contributed by atoms with Crippen molar-refractivity contribution in [1.29, 1.82) is 0 Å². The molecule has 3 nitrogen and oxygen atoms in total. The van der Waals surface area contributed by atoms with Gasteiger partial charge >= 0.3 is 0 Å². The first-order chi connectivity index (χ1) is 8.00. The monoisotopic (exact) mass is 257 g/mol. The second-order valence-electron chi connectivity index (χ2n) is 4.40. The molecule has 0 aliphatic heterocycles. The van der Waals surface area contributed by atoms with Crippen molar-refractivity contribution >= 4 is 11.6 Å². The van der Waals surface area contributed by atoms with Crippen molar-refractivity contribution in [3.8, 4) is 5.75 Å². The van der Waals surface area contributed by atoms with E-state index in [-0.39, 0.29) is 11.9 Å². The molecule has 4 heteroatoms. The predicted octanol–water partition coefficient (Wildman–Crippen LogP) is 2.90. The predicted molar refractivity (Wildman–Crippen MR) is 70.5 cm³/mol. The van der Waals surface area contributed by atoms with Crippen LogP contribution in [0.2, 0.25) is 5.02 Å². The molecular weight excluding hydrogens is 238 g/mol. The molecule has 0 aliphatic carbocycles. The standard InChI is InChI=1S/C13H20ClNO2/c1-10(2)17-8-7-15(3)9-11-5-4-6-12(14)13(11)16/h4-6,10,16H,7-9H2,1-3H3.